The SMILES string of the molecule is C=C1Sc2c(O)nc(N)nc2N1[C@@H]1O[C@H](COC(C)=O)[C@@H](O)[C@H]1O. The van der Waals surface area contributed by atoms with E-state index in [1.165, 1.54) is 11.8 Å². The average Bonchev–Trinajstić information content (AvgIpc) is 2.96. The van der Waals surface area contributed by atoms with Gasteiger partial charge in [0.25, 0.3) is 0 Å². The number of rotatable bonds is 3. The summed E-state index contributed by atoms with van der Waals surface area (Å²) >= 11 is 1.09. The van der Waals surface area contributed by atoms with Gasteiger partial charge in [0.1, 0.15) is 29.8 Å². The summed E-state index contributed by atoms with van der Waals surface area (Å²) in [6.07, 6.45) is -4.53. The highest BCUT2D eigenvalue weighted by Gasteiger charge is 2.49. The number of esters is 1. The quantitative estimate of drug-likeness (QED) is 0.501. The van der Waals surface area contributed by atoms with E-state index < -0.39 is 30.5 Å². The number of aliphatic hydroxyl groups excluding tert-OH is 2. The Morgan fingerprint density at radius 2 is 2.17 bits per heavy atom. The van der Waals surface area contributed by atoms with E-state index in [4.69, 9.17) is 15.2 Å². The number of nitrogens with two attached hydrogens (primary N) is 1. The normalized spacial score (nSPS) is 29.0. The van der Waals surface area contributed by atoms with Gasteiger partial charge in [0.05, 0.1) is 5.03 Å². The van der Waals surface area contributed by atoms with Crippen LogP contribution in [0.15, 0.2) is 16.5 Å². The molecule has 0 spiro atoms. The maximum atomic E-state index is 10.9. The van der Waals surface area contributed by atoms with Crippen LogP contribution in [0, 0.1) is 0 Å². The number of aromatic hydroxyl groups is 1. The minimum Gasteiger partial charge on any atom is -0.492 e. The Kier molecular flexibility index (Phi) is 4.25. The highest BCUT2D eigenvalue weighted by Crippen LogP contribution is 2.50. The number of aromatic nitrogens is 2. The number of thioether (sulfide) groups is 1. The van der Waals surface area contributed by atoms with Gasteiger partial charge < -0.3 is 30.5 Å². The van der Waals surface area contributed by atoms with E-state index in [0.29, 0.717) is 9.92 Å². The summed E-state index contributed by atoms with van der Waals surface area (Å²) < 4.78 is 10.4. The zero-order valence-electron chi connectivity index (χ0n) is 12.6. The molecule has 0 bridgehead atoms. The molecule has 1 fully saturated rings. The molecular weight excluding hydrogens is 340 g/mol. The molecule has 24 heavy (non-hydrogen) atoms. The van der Waals surface area contributed by atoms with Crippen LogP contribution < -0.4 is 10.6 Å². The lowest BCUT2D eigenvalue weighted by molar-refractivity contribution is -0.146. The third kappa shape index (κ3) is 2.75. The van der Waals surface area contributed by atoms with Crippen molar-refractivity contribution in [1.82, 2.24) is 9.97 Å². The molecule has 2 aliphatic heterocycles. The number of anilines is 2. The zero-order chi connectivity index (χ0) is 17.6. The Morgan fingerprint density at radius 3 is 2.83 bits per heavy atom. The first-order chi connectivity index (χ1) is 11.3. The smallest absolute Gasteiger partial charge is 0.302 e. The van der Waals surface area contributed by atoms with E-state index in [2.05, 4.69) is 16.5 Å². The first-order valence-electron chi connectivity index (χ1n) is 6.97. The molecule has 1 saturated heterocycles. The van der Waals surface area contributed by atoms with E-state index in [0.717, 1.165) is 11.8 Å². The van der Waals surface area contributed by atoms with Crippen molar-refractivity contribution in [1.29, 1.82) is 0 Å². The number of nitrogen functional groups attached to an aromatic ring is 1. The fourth-order valence-electron chi connectivity index (χ4n) is 2.53. The molecule has 10 nitrogen and oxygen atoms in total. The van der Waals surface area contributed by atoms with Gasteiger partial charge in [0.15, 0.2) is 12.0 Å². The Bertz CT molecular complexity index is 701. The predicted octanol–water partition coefficient (Wildman–Crippen LogP) is -0.843. The summed E-state index contributed by atoms with van der Waals surface area (Å²) in [5.74, 6) is -0.772. The van der Waals surface area contributed by atoms with Gasteiger partial charge in [0.2, 0.25) is 11.8 Å². The third-order valence-corrected chi connectivity index (χ3v) is 4.61. The summed E-state index contributed by atoms with van der Waals surface area (Å²) in [6, 6.07) is 0. The Morgan fingerprint density at radius 1 is 1.46 bits per heavy atom. The van der Waals surface area contributed by atoms with Crippen molar-refractivity contribution < 1.29 is 29.6 Å². The topological polar surface area (TPSA) is 151 Å². The molecule has 130 valence electrons. The number of carbonyl (C=O) groups excluding carboxylic acids is 1. The molecule has 4 atom stereocenters. The van der Waals surface area contributed by atoms with E-state index in [1.807, 2.05) is 0 Å². The van der Waals surface area contributed by atoms with Gasteiger partial charge in [-0.3, -0.25) is 9.69 Å². The fourth-order valence-corrected chi connectivity index (χ4v) is 3.42. The largest absolute Gasteiger partial charge is 0.492 e. The van der Waals surface area contributed by atoms with E-state index in [1.54, 1.807) is 0 Å². The molecular formula is C13H16N4O6S. The molecule has 0 radical (unpaired) electrons. The maximum Gasteiger partial charge on any atom is 0.302 e. The zero-order valence-corrected chi connectivity index (χ0v) is 13.4. The van der Waals surface area contributed by atoms with Crippen LogP contribution in [0.3, 0.4) is 0 Å². The molecule has 0 saturated carbocycles. The van der Waals surface area contributed by atoms with Crippen LogP contribution >= 0.6 is 11.8 Å². The second-order valence-electron chi connectivity index (χ2n) is 5.27. The van der Waals surface area contributed by atoms with E-state index >= 15 is 0 Å². The minimum absolute atomic E-state index is 0.156. The van der Waals surface area contributed by atoms with Crippen LogP contribution in [-0.4, -0.2) is 62.4 Å². The second-order valence-corrected chi connectivity index (χ2v) is 6.36. The lowest BCUT2D eigenvalue weighted by Gasteiger charge is -2.27. The van der Waals surface area contributed by atoms with Crippen LogP contribution in [0.1, 0.15) is 6.92 Å². The van der Waals surface area contributed by atoms with Crippen molar-refractivity contribution >= 4 is 29.5 Å². The number of aliphatic hydroxyl groups is 2. The van der Waals surface area contributed by atoms with Crippen molar-refractivity contribution in [3.8, 4) is 5.88 Å². The molecule has 1 aromatic rings. The monoisotopic (exact) mass is 356 g/mol. The van der Waals surface area contributed by atoms with Gasteiger partial charge in [-0.2, -0.15) is 9.97 Å². The van der Waals surface area contributed by atoms with Gasteiger partial charge in [-0.05, 0) is 0 Å². The molecule has 2 aliphatic rings. The van der Waals surface area contributed by atoms with Crippen LogP contribution in [0.2, 0.25) is 0 Å². The van der Waals surface area contributed by atoms with Crippen LogP contribution in [0.5, 0.6) is 5.88 Å². The molecule has 11 heteroatoms. The van der Waals surface area contributed by atoms with E-state index in [9.17, 15) is 20.1 Å². The third-order valence-electron chi connectivity index (χ3n) is 3.61. The number of hydrogen-bond donors (Lipinski definition) is 4. The maximum absolute atomic E-state index is 10.9. The van der Waals surface area contributed by atoms with Crippen molar-refractivity contribution in [3.05, 3.63) is 11.6 Å². The summed E-state index contributed by atoms with van der Waals surface area (Å²) in [6.45, 7) is 4.86. The molecule has 3 heterocycles. The molecule has 1 aromatic heterocycles. The van der Waals surface area contributed by atoms with Gasteiger partial charge in [0, 0.05) is 6.92 Å². The first-order valence-corrected chi connectivity index (χ1v) is 7.78. The molecule has 0 amide bonds. The minimum atomic E-state index is -1.31. The van der Waals surface area contributed by atoms with Crippen molar-refractivity contribution in [2.75, 3.05) is 17.2 Å². The number of hydrogen-bond acceptors (Lipinski definition) is 11. The fraction of sp³-hybridized carbons (Fsp3) is 0.462. The first kappa shape index (κ1) is 16.8. The standard InChI is InChI=1S/C13H16N4O6S/c1-4-17(10-9(24-4)11(21)16-13(14)15-10)12-8(20)7(19)6(23-12)3-22-5(2)18/h6-8,12,19-20H,1,3H2,2H3,(H3,14,15,16,21)/t6-,7-,8-,12-/m1/s1. The van der Waals surface area contributed by atoms with Gasteiger partial charge in [-0.15, -0.1) is 0 Å². The van der Waals surface area contributed by atoms with E-state index in [-0.39, 0.29) is 24.3 Å². The molecule has 5 N–H and O–H groups in total. The number of nitrogens with zero attached hydrogens (tertiary/aromatic N) is 3. The van der Waals surface area contributed by atoms with Crippen molar-refractivity contribution in [3.63, 3.8) is 0 Å². The predicted molar refractivity (Wildman–Crippen MR) is 82.9 cm³/mol. The number of fused-ring (bicyclic) bond motifs is 1. The van der Waals surface area contributed by atoms with Gasteiger partial charge in [-0.25, -0.2) is 0 Å². The molecule has 0 aliphatic carbocycles. The highest BCUT2D eigenvalue weighted by molar-refractivity contribution is 8.03. The Labute approximate surface area is 140 Å². The lowest BCUT2D eigenvalue weighted by Crippen LogP contribution is -2.42. The highest BCUT2D eigenvalue weighted by atomic mass is 32.2. The van der Waals surface area contributed by atoms with Crippen LogP contribution in [0.4, 0.5) is 11.8 Å². The molecule has 0 aromatic carbocycles. The van der Waals surface area contributed by atoms with Gasteiger partial charge in [-0.1, -0.05) is 18.3 Å². The average molecular weight is 356 g/mol. The number of ether oxygens (including phenoxy) is 2. The Hall–Kier alpha value is -2.08. The Balaban J connectivity index is 1.87. The molecule has 0 unspecified atom stereocenters. The lowest BCUT2D eigenvalue weighted by atomic mass is 10.1. The number of carbonyl (C=O) groups is 1. The molecule has 3 rings (SSSR count). The van der Waals surface area contributed by atoms with Gasteiger partial charge >= 0.3 is 5.97 Å². The van der Waals surface area contributed by atoms with Crippen molar-refractivity contribution in [2.24, 2.45) is 0 Å². The van der Waals surface area contributed by atoms with Crippen molar-refractivity contribution in [2.45, 2.75) is 36.4 Å². The second kappa shape index (κ2) is 6.09. The van der Waals surface area contributed by atoms with Crippen LogP contribution in [0.25, 0.3) is 0 Å². The summed E-state index contributed by atoms with van der Waals surface area (Å²) in [5, 5.41) is 30.7. The van der Waals surface area contributed by atoms with Crippen LogP contribution in [-0.2, 0) is 14.3 Å². The summed E-state index contributed by atoms with van der Waals surface area (Å²) in [7, 11) is 0. The summed E-state index contributed by atoms with van der Waals surface area (Å²) in [5.41, 5.74) is 5.55. The summed E-state index contributed by atoms with van der Waals surface area (Å²) in [4.78, 5) is 20.4.